The van der Waals surface area contributed by atoms with Gasteiger partial charge >= 0.3 is 11.9 Å². The van der Waals surface area contributed by atoms with Crippen LogP contribution in [-0.4, -0.2) is 18.5 Å². The van der Waals surface area contributed by atoms with Gasteiger partial charge in [-0.25, -0.2) is 9.59 Å². The third kappa shape index (κ3) is 6.87. The van der Waals surface area contributed by atoms with Crippen LogP contribution in [0.3, 0.4) is 0 Å². The molecule has 0 spiro atoms. The maximum absolute atomic E-state index is 11.8. The molecule has 0 aromatic heterocycles. The highest BCUT2D eigenvalue weighted by Crippen LogP contribution is 2.48. The summed E-state index contributed by atoms with van der Waals surface area (Å²) in [5.41, 5.74) is 0. The summed E-state index contributed by atoms with van der Waals surface area (Å²) >= 11 is 29.5. The first-order valence-electron chi connectivity index (χ1n) is 7.23. The van der Waals surface area contributed by atoms with E-state index in [1.165, 1.54) is 0 Å². The van der Waals surface area contributed by atoms with Gasteiger partial charge in [0, 0.05) is 12.2 Å². The van der Waals surface area contributed by atoms with E-state index in [0.717, 1.165) is 25.0 Å². The van der Waals surface area contributed by atoms with Crippen molar-refractivity contribution in [3.63, 3.8) is 0 Å². The zero-order valence-corrected chi connectivity index (χ0v) is 17.2. The first-order valence-corrected chi connectivity index (χ1v) is 9.12. The molecule has 1 aromatic carbocycles. The maximum Gasteiger partial charge on any atom is 0.336 e. The van der Waals surface area contributed by atoms with Crippen LogP contribution in [0.1, 0.15) is 26.7 Å². The molecule has 0 amide bonds. The van der Waals surface area contributed by atoms with Crippen molar-refractivity contribution in [1.29, 1.82) is 0 Å². The Hall–Kier alpha value is -0.650. The first kappa shape index (κ1) is 22.4. The quantitative estimate of drug-likeness (QED) is 0.121. The molecule has 0 unspecified atom stereocenters. The number of hydrogen-bond donors (Lipinski definition) is 0. The second-order valence-electron chi connectivity index (χ2n) is 5.36. The average molecular weight is 449 g/mol. The molecular weight excluding hydrogens is 433 g/mol. The molecule has 0 fully saturated rings. The van der Waals surface area contributed by atoms with Gasteiger partial charge < -0.3 is 9.47 Å². The summed E-state index contributed by atoms with van der Waals surface area (Å²) in [6, 6.07) is 0. The van der Waals surface area contributed by atoms with E-state index in [-0.39, 0.29) is 37.5 Å². The molecule has 1 aromatic rings. The van der Waals surface area contributed by atoms with Crippen molar-refractivity contribution >= 4 is 69.9 Å². The zero-order valence-electron chi connectivity index (χ0n) is 13.4. The van der Waals surface area contributed by atoms with Crippen molar-refractivity contribution in [3.05, 3.63) is 37.3 Å². The minimum atomic E-state index is -0.905. The van der Waals surface area contributed by atoms with Crippen LogP contribution in [0.4, 0.5) is 0 Å². The minimum absolute atomic E-state index is 0.0568. The number of rotatable bonds is 7. The first-order chi connectivity index (χ1) is 11.6. The lowest BCUT2D eigenvalue weighted by molar-refractivity contribution is -0.138. The summed E-state index contributed by atoms with van der Waals surface area (Å²) in [5, 5.41) is -0.597. The molecule has 0 saturated carbocycles. The van der Waals surface area contributed by atoms with Gasteiger partial charge in [0.2, 0.25) is 0 Å². The topological polar surface area (TPSA) is 52.6 Å². The van der Waals surface area contributed by atoms with Gasteiger partial charge in [-0.05, 0) is 18.8 Å². The smallest absolute Gasteiger partial charge is 0.336 e. The number of benzene rings is 1. The average Bonchev–Trinajstić information content (AvgIpc) is 2.57. The molecule has 0 radical (unpaired) electrons. The largest absolute Gasteiger partial charge is 0.463 e. The summed E-state index contributed by atoms with van der Waals surface area (Å²) in [4.78, 5) is 23.3. The number of esters is 2. The Bertz CT molecular complexity index is 657. The van der Waals surface area contributed by atoms with Gasteiger partial charge in [-0.3, -0.25) is 0 Å². The van der Waals surface area contributed by atoms with Crippen molar-refractivity contribution < 1.29 is 19.1 Å². The highest BCUT2D eigenvalue weighted by Gasteiger charge is 2.22. The van der Waals surface area contributed by atoms with E-state index in [2.05, 4.69) is 13.8 Å². The second kappa shape index (κ2) is 10.5. The van der Waals surface area contributed by atoms with Gasteiger partial charge in [-0.15, -0.1) is 0 Å². The van der Waals surface area contributed by atoms with Crippen LogP contribution in [0.25, 0.3) is 0 Å². The predicted octanol–water partition coefficient (Wildman–Crippen LogP) is 6.39. The van der Waals surface area contributed by atoms with Crippen molar-refractivity contribution in [3.8, 4) is 5.75 Å². The Morgan fingerprint density at radius 3 is 1.88 bits per heavy atom. The molecule has 0 N–H and O–H groups in total. The third-order valence-electron chi connectivity index (χ3n) is 2.90. The van der Waals surface area contributed by atoms with E-state index in [4.69, 9.17) is 67.5 Å². The lowest BCUT2D eigenvalue weighted by Gasteiger charge is -2.11. The van der Waals surface area contributed by atoms with Crippen LogP contribution < -0.4 is 4.74 Å². The number of carbonyl (C=O) groups excluding carboxylic acids is 2. The standard InChI is InChI=1S/C16H15Cl5O4/c1-8(2)4-3-7-24-9(22)5-6-10(23)25-16-14(20)12(18)11(17)13(19)15(16)21/h5-6,8H,3-4,7H2,1-2H3/b6-5+. The molecule has 0 saturated heterocycles. The summed E-state index contributed by atoms with van der Waals surface area (Å²) in [7, 11) is 0. The SMILES string of the molecule is CC(C)CCCOC(=O)/C=C/C(=O)Oc1c(Cl)c(Cl)c(Cl)c(Cl)c1Cl. The molecule has 4 nitrogen and oxygen atoms in total. The number of halogens is 5. The normalized spacial score (nSPS) is 11.2. The van der Waals surface area contributed by atoms with Crippen molar-refractivity contribution in [2.45, 2.75) is 26.7 Å². The molecule has 0 atom stereocenters. The third-order valence-corrected chi connectivity index (χ3v) is 5.14. The van der Waals surface area contributed by atoms with Crippen molar-refractivity contribution in [2.24, 2.45) is 5.92 Å². The Labute approximate surface area is 170 Å². The van der Waals surface area contributed by atoms with Crippen LogP contribution in [0.5, 0.6) is 5.75 Å². The van der Waals surface area contributed by atoms with E-state index in [1.54, 1.807) is 0 Å². The molecule has 9 heteroatoms. The second-order valence-corrected chi connectivity index (χ2v) is 7.25. The Balaban J connectivity index is 2.67. The summed E-state index contributed by atoms with van der Waals surface area (Å²) < 4.78 is 9.92. The van der Waals surface area contributed by atoms with Crippen LogP contribution in [-0.2, 0) is 14.3 Å². The molecular formula is C16H15Cl5O4. The highest BCUT2D eigenvalue weighted by molar-refractivity contribution is 6.55. The van der Waals surface area contributed by atoms with Gasteiger partial charge in [-0.1, -0.05) is 71.9 Å². The van der Waals surface area contributed by atoms with Crippen molar-refractivity contribution in [1.82, 2.24) is 0 Å². The Morgan fingerprint density at radius 1 is 0.880 bits per heavy atom. The van der Waals surface area contributed by atoms with Crippen molar-refractivity contribution in [2.75, 3.05) is 6.61 Å². The lowest BCUT2D eigenvalue weighted by Crippen LogP contribution is -2.08. The monoisotopic (exact) mass is 446 g/mol. The van der Waals surface area contributed by atoms with Crippen LogP contribution in [0.15, 0.2) is 12.2 Å². The van der Waals surface area contributed by atoms with Gasteiger partial charge in [-0.2, -0.15) is 0 Å². The number of ether oxygens (including phenoxy) is 2. The Kier molecular flexibility index (Phi) is 9.39. The number of carbonyl (C=O) groups is 2. The van der Waals surface area contributed by atoms with E-state index in [0.29, 0.717) is 5.92 Å². The van der Waals surface area contributed by atoms with Crippen LogP contribution >= 0.6 is 58.0 Å². The summed E-state index contributed by atoms with van der Waals surface area (Å²) in [6.45, 7) is 4.42. The molecule has 0 aliphatic heterocycles. The Morgan fingerprint density at radius 2 is 1.36 bits per heavy atom. The van der Waals surface area contributed by atoms with Gasteiger partial charge in [0.05, 0.1) is 21.7 Å². The number of hydrogen-bond acceptors (Lipinski definition) is 4. The highest BCUT2D eigenvalue weighted by atomic mass is 35.5. The minimum Gasteiger partial charge on any atom is -0.463 e. The van der Waals surface area contributed by atoms with Gasteiger partial charge in [0.15, 0.2) is 5.75 Å². The molecule has 138 valence electrons. The molecule has 25 heavy (non-hydrogen) atoms. The van der Waals surface area contributed by atoms with E-state index in [1.807, 2.05) is 0 Å². The predicted molar refractivity (Wildman–Crippen MR) is 101 cm³/mol. The zero-order chi connectivity index (χ0) is 19.1. The molecule has 0 aliphatic rings. The molecule has 1 rings (SSSR count). The van der Waals surface area contributed by atoms with Gasteiger partial charge in [0.1, 0.15) is 10.0 Å². The summed E-state index contributed by atoms with van der Waals surface area (Å²) in [5.74, 6) is -1.29. The van der Waals surface area contributed by atoms with Crippen LogP contribution in [0, 0.1) is 5.92 Å². The van der Waals surface area contributed by atoms with Crippen LogP contribution in [0.2, 0.25) is 25.1 Å². The maximum atomic E-state index is 11.8. The fourth-order valence-corrected chi connectivity index (χ4v) is 2.86. The molecule has 0 heterocycles. The van der Waals surface area contributed by atoms with E-state index in [9.17, 15) is 9.59 Å². The van der Waals surface area contributed by atoms with Gasteiger partial charge in [0.25, 0.3) is 0 Å². The molecule has 0 aliphatic carbocycles. The lowest BCUT2D eigenvalue weighted by atomic mass is 10.1. The summed E-state index contributed by atoms with van der Waals surface area (Å²) in [6.07, 6.45) is 3.51. The molecule has 0 bridgehead atoms. The van der Waals surface area contributed by atoms with E-state index < -0.39 is 11.9 Å². The fourth-order valence-electron chi connectivity index (χ4n) is 1.66. The fraction of sp³-hybridized carbons (Fsp3) is 0.375. The van der Waals surface area contributed by atoms with E-state index >= 15 is 0 Å².